The summed E-state index contributed by atoms with van der Waals surface area (Å²) in [6.45, 7) is 7.29. The third-order valence-corrected chi connectivity index (χ3v) is 6.12. The van der Waals surface area contributed by atoms with E-state index in [0.717, 1.165) is 11.1 Å². The Labute approximate surface area is 152 Å². The Hall–Kier alpha value is -1.08. The number of aryl methyl sites for hydroxylation is 4. The van der Waals surface area contributed by atoms with Gasteiger partial charge in [0.05, 0.1) is 9.79 Å². The zero-order valence-corrected chi connectivity index (χ0v) is 16.8. The van der Waals surface area contributed by atoms with Crippen LogP contribution in [0.4, 0.5) is 0 Å². The molecule has 0 saturated heterocycles. The van der Waals surface area contributed by atoms with Crippen LogP contribution in [0.25, 0.3) is 0 Å². The van der Waals surface area contributed by atoms with Crippen LogP contribution in [0.15, 0.2) is 46.2 Å². The van der Waals surface area contributed by atoms with Gasteiger partial charge in [-0.15, -0.1) is 0 Å². The molecule has 0 fully saturated rings. The van der Waals surface area contributed by atoms with Gasteiger partial charge in [-0.05, 0) is 51.0 Å². The number of halogens is 2. The largest absolute Gasteiger partial charge is 0.261 e. The van der Waals surface area contributed by atoms with Crippen molar-refractivity contribution < 1.29 is 16.8 Å². The van der Waals surface area contributed by atoms with E-state index in [4.69, 9.17) is 21.4 Å². The first-order chi connectivity index (χ1) is 10.8. The Morgan fingerprint density at radius 2 is 1.08 bits per heavy atom. The summed E-state index contributed by atoms with van der Waals surface area (Å²) in [6, 6.07) is 9.99. The topological polar surface area (TPSA) is 68.3 Å². The van der Waals surface area contributed by atoms with E-state index in [-0.39, 0.29) is 9.79 Å². The Balaban J connectivity index is 0.000000243. The maximum atomic E-state index is 11.2. The van der Waals surface area contributed by atoms with Crippen LogP contribution in [0.5, 0.6) is 0 Å². The zero-order valence-electron chi connectivity index (χ0n) is 13.7. The molecule has 0 heterocycles. The summed E-state index contributed by atoms with van der Waals surface area (Å²) in [6.07, 6.45) is 0. The molecular formula is C16H18Cl2O4S2. The first-order valence-electron chi connectivity index (χ1n) is 6.86. The number of hydrogen-bond donors (Lipinski definition) is 0. The fourth-order valence-electron chi connectivity index (χ4n) is 2.25. The molecule has 0 N–H and O–H groups in total. The fraction of sp³-hybridized carbons (Fsp3) is 0.250. The molecule has 0 radical (unpaired) electrons. The molecule has 0 aliphatic carbocycles. The van der Waals surface area contributed by atoms with E-state index in [1.165, 1.54) is 12.1 Å². The van der Waals surface area contributed by atoms with E-state index in [1.54, 1.807) is 26.0 Å². The third-order valence-electron chi connectivity index (χ3n) is 3.15. The lowest BCUT2D eigenvalue weighted by molar-refractivity contribution is 0.607. The molecule has 0 saturated carbocycles. The molecule has 2 aromatic carbocycles. The van der Waals surface area contributed by atoms with Crippen LogP contribution in [0.3, 0.4) is 0 Å². The van der Waals surface area contributed by atoms with Crippen LogP contribution in [-0.2, 0) is 18.1 Å². The summed E-state index contributed by atoms with van der Waals surface area (Å²) in [4.78, 5) is 0.379. The zero-order chi connectivity index (χ0) is 18.7. The van der Waals surface area contributed by atoms with Crippen molar-refractivity contribution >= 4 is 39.5 Å². The Morgan fingerprint density at radius 1 is 0.667 bits per heavy atom. The van der Waals surface area contributed by atoms with E-state index < -0.39 is 18.1 Å². The van der Waals surface area contributed by atoms with Gasteiger partial charge in [0.25, 0.3) is 18.1 Å². The van der Waals surface area contributed by atoms with Gasteiger partial charge < -0.3 is 0 Å². The molecule has 8 heteroatoms. The lowest BCUT2D eigenvalue weighted by Gasteiger charge is -2.07. The Bertz CT molecular complexity index is 910. The molecule has 0 aliphatic rings. The van der Waals surface area contributed by atoms with Gasteiger partial charge >= 0.3 is 0 Å². The molecule has 0 amide bonds. The van der Waals surface area contributed by atoms with Gasteiger partial charge in [0.2, 0.25) is 0 Å². The molecular weight excluding hydrogens is 391 g/mol. The Kier molecular flexibility index (Phi) is 6.87. The van der Waals surface area contributed by atoms with Gasteiger partial charge in [-0.25, -0.2) is 16.8 Å². The molecule has 132 valence electrons. The molecule has 0 spiro atoms. The van der Waals surface area contributed by atoms with E-state index in [9.17, 15) is 16.8 Å². The number of rotatable bonds is 2. The summed E-state index contributed by atoms with van der Waals surface area (Å²) < 4.78 is 43.7. The van der Waals surface area contributed by atoms with Gasteiger partial charge in [-0.2, -0.15) is 0 Å². The van der Waals surface area contributed by atoms with Gasteiger partial charge in [-0.1, -0.05) is 35.4 Å². The van der Waals surface area contributed by atoms with E-state index in [2.05, 4.69) is 0 Å². The summed E-state index contributed by atoms with van der Waals surface area (Å²) >= 11 is 0. The lowest BCUT2D eigenvalue weighted by Crippen LogP contribution is -1.98. The van der Waals surface area contributed by atoms with Crippen LogP contribution >= 0.6 is 21.4 Å². The van der Waals surface area contributed by atoms with E-state index in [0.29, 0.717) is 11.1 Å². The van der Waals surface area contributed by atoms with Gasteiger partial charge in [-0.3, -0.25) is 0 Å². The second-order valence-corrected chi connectivity index (χ2v) is 10.5. The molecule has 0 unspecified atom stereocenters. The molecule has 2 aromatic rings. The molecule has 4 nitrogen and oxygen atoms in total. The van der Waals surface area contributed by atoms with Crippen molar-refractivity contribution in [1.82, 2.24) is 0 Å². The van der Waals surface area contributed by atoms with Crippen molar-refractivity contribution in [2.75, 3.05) is 0 Å². The first-order valence-corrected chi connectivity index (χ1v) is 11.5. The van der Waals surface area contributed by atoms with Crippen molar-refractivity contribution in [3.05, 3.63) is 58.7 Å². The van der Waals surface area contributed by atoms with E-state index in [1.807, 2.05) is 26.0 Å². The van der Waals surface area contributed by atoms with Crippen molar-refractivity contribution in [1.29, 1.82) is 0 Å². The maximum Gasteiger partial charge on any atom is 0.261 e. The molecule has 0 aliphatic heterocycles. The maximum absolute atomic E-state index is 11.2. The highest BCUT2D eigenvalue weighted by Gasteiger charge is 2.16. The van der Waals surface area contributed by atoms with Crippen molar-refractivity contribution in [3.63, 3.8) is 0 Å². The van der Waals surface area contributed by atoms with Gasteiger partial charge in [0, 0.05) is 21.4 Å². The van der Waals surface area contributed by atoms with Crippen molar-refractivity contribution in [2.24, 2.45) is 0 Å². The highest BCUT2D eigenvalue weighted by molar-refractivity contribution is 8.14. The summed E-state index contributed by atoms with van der Waals surface area (Å²) in [7, 11) is 3.22. The van der Waals surface area contributed by atoms with Gasteiger partial charge in [0.15, 0.2) is 0 Å². The van der Waals surface area contributed by atoms with E-state index >= 15 is 0 Å². The molecule has 24 heavy (non-hydrogen) atoms. The normalized spacial score (nSPS) is 11.6. The van der Waals surface area contributed by atoms with Crippen LogP contribution in [-0.4, -0.2) is 16.8 Å². The number of benzene rings is 2. The van der Waals surface area contributed by atoms with Crippen LogP contribution < -0.4 is 0 Å². The van der Waals surface area contributed by atoms with Crippen LogP contribution in [0.2, 0.25) is 0 Å². The summed E-state index contributed by atoms with van der Waals surface area (Å²) in [5.41, 5.74) is 3.45. The second-order valence-electron chi connectivity index (χ2n) is 5.42. The molecule has 0 bridgehead atoms. The standard InChI is InChI=1S/C9H11ClO2S.C7H7ClO2S/c1-6-4-7(2)9(8(3)5-6)13(10,11)12;1-6-2-4-7(5-3-6)11(8,9)10/h4-5H,1-3H3;2-5H,1H3. The fourth-order valence-corrected chi connectivity index (χ4v) is 4.64. The second kappa shape index (κ2) is 7.87. The van der Waals surface area contributed by atoms with Crippen molar-refractivity contribution in [2.45, 2.75) is 37.5 Å². The SMILES string of the molecule is Cc1cc(C)c(S(=O)(=O)Cl)c(C)c1.Cc1ccc(S(=O)(=O)Cl)cc1. The monoisotopic (exact) mass is 408 g/mol. The minimum absolute atomic E-state index is 0.143. The lowest BCUT2D eigenvalue weighted by atomic mass is 10.1. The first kappa shape index (κ1) is 21.0. The molecule has 2 rings (SSSR count). The smallest absolute Gasteiger partial charge is 0.207 e. The predicted octanol–water partition coefficient (Wildman–Crippen LogP) is 4.46. The number of hydrogen-bond acceptors (Lipinski definition) is 4. The average molecular weight is 409 g/mol. The summed E-state index contributed by atoms with van der Waals surface area (Å²) in [5.74, 6) is 0. The quantitative estimate of drug-likeness (QED) is 0.687. The van der Waals surface area contributed by atoms with Crippen molar-refractivity contribution in [3.8, 4) is 0 Å². The van der Waals surface area contributed by atoms with Crippen LogP contribution in [0, 0.1) is 27.7 Å². The van der Waals surface area contributed by atoms with Gasteiger partial charge in [0.1, 0.15) is 0 Å². The molecule has 0 atom stereocenters. The Morgan fingerprint density at radius 3 is 1.42 bits per heavy atom. The molecule has 0 aromatic heterocycles. The summed E-state index contributed by atoms with van der Waals surface area (Å²) in [5, 5.41) is 0. The minimum atomic E-state index is -3.61. The third kappa shape index (κ3) is 6.09. The minimum Gasteiger partial charge on any atom is -0.207 e. The predicted molar refractivity (Wildman–Crippen MR) is 97.9 cm³/mol. The highest BCUT2D eigenvalue weighted by Crippen LogP contribution is 2.24. The average Bonchev–Trinajstić information content (AvgIpc) is 2.35. The van der Waals surface area contributed by atoms with Crippen LogP contribution in [0.1, 0.15) is 22.3 Å². The highest BCUT2D eigenvalue weighted by atomic mass is 35.7.